The molecule has 2 N–H and O–H groups in total. The molecule has 0 atom stereocenters. The third kappa shape index (κ3) is 4.22. The van der Waals surface area contributed by atoms with Gasteiger partial charge in [-0.3, -0.25) is 0 Å². The van der Waals surface area contributed by atoms with Crippen LogP contribution in [0.4, 0.5) is 23.1 Å². The van der Waals surface area contributed by atoms with Crippen LogP contribution in [0.1, 0.15) is 10.4 Å². The highest BCUT2D eigenvalue weighted by Gasteiger charge is 2.10. The average molecular weight is 389 g/mol. The van der Waals surface area contributed by atoms with Crippen molar-refractivity contribution in [2.75, 3.05) is 17.7 Å². The zero-order chi connectivity index (χ0) is 18.5. The van der Waals surface area contributed by atoms with Gasteiger partial charge in [0.2, 0.25) is 5.95 Å². The molecular weight excluding hydrogens is 375 g/mol. The lowest BCUT2D eigenvalue weighted by Gasteiger charge is -2.11. The number of benzene rings is 2. The Labute approximate surface area is 160 Å². The molecule has 26 heavy (non-hydrogen) atoms. The Balaban J connectivity index is 1.83. The number of methoxy groups -OCH3 is 1. The number of nitrogens with one attached hydrogen (secondary N) is 2. The lowest BCUT2D eigenvalue weighted by Crippen LogP contribution is -2.04. The molecule has 0 spiro atoms. The summed E-state index contributed by atoms with van der Waals surface area (Å²) in [5.74, 6) is 0.404. The maximum Gasteiger partial charge on any atom is 0.337 e. The average Bonchev–Trinajstić information content (AvgIpc) is 2.65. The van der Waals surface area contributed by atoms with E-state index in [9.17, 15) is 4.79 Å². The second kappa shape index (κ2) is 8.03. The van der Waals surface area contributed by atoms with E-state index >= 15 is 0 Å². The molecule has 1 heterocycles. The normalized spacial score (nSPS) is 10.3. The third-order valence-corrected chi connectivity index (χ3v) is 4.09. The molecule has 2 aromatic carbocycles. The van der Waals surface area contributed by atoms with Gasteiger partial charge in [0, 0.05) is 6.20 Å². The Morgan fingerprint density at radius 1 is 1.00 bits per heavy atom. The molecule has 0 aliphatic rings. The standard InChI is InChI=1S/C18H14Cl2N4O2/c1-26-17(25)11-6-7-13(20)15(10-11)23-18-21-9-8-16(24-18)22-14-5-3-2-4-12(14)19/h2-10H,1H3,(H2,21,22,23,24). The van der Waals surface area contributed by atoms with Crippen LogP contribution in [-0.2, 0) is 4.74 Å². The van der Waals surface area contributed by atoms with Crippen LogP contribution in [0, 0.1) is 0 Å². The van der Waals surface area contributed by atoms with Crippen molar-refractivity contribution < 1.29 is 9.53 Å². The Morgan fingerprint density at radius 2 is 1.77 bits per heavy atom. The second-order valence-electron chi connectivity index (χ2n) is 5.18. The number of carbonyl (C=O) groups is 1. The van der Waals surface area contributed by atoms with Crippen molar-refractivity contribution in [3.63, 3.8) is 0 Å². The Hall–Kier alpha value is -2.83. The smallest absolute Gasteiger partial charge is 0.337 e. The van der Waals surface area contributed by atoms with Crippen LogP contribution in [0.5, 0.6) is 0 Å². The van der Waals surface area contributed by atoms with E-state index in [-0.39, 0.29) is 0 Å². The summed E-state index contributed by atoms with van der Waals surface area (Å²) in [4.78, 5) is 20.2. The minimum atomic E-state index is -0.459. The van der Waals surface area contributed by atoms with Crippen molar-refractivity contribution in [3.8, 4) is 0 Å². The molecule has 0 fully saturated rings. The van der Waals surface area contributed by atoms with Gasteiger partial charge in [-0.25, -0.2) is 9.78 Å². The Morgan fingerprint density at radius 3 is 2.54 bits per heavy atom. The molecule has 0 unspecified atom stereocenters. The van der Waals surface area contributed by atoms with Gasteiger partial charge in [0.25, 0.3) is 0 Å². The topological polar surface area (TPSA) is 76.1 Å². The molecule has 0 bridgehead atoms. The molecule has 0 radical (unpaired) electrons. The minimum absolute atomic E-state index is 0.311. The molecule has 6 nitrogen and oxygen atoms in total. The number of hydrogen-bond donors (Lipinski definition) is 2. The van der Waals surface area contributed by atoms with Gasteiger partial charge in [-0.15, -0.1) is 0 Å². The van der Waals surface area contributed by atoms with Gasteiger partial charge in [-0.2, -0.15) is 4.98 Å². The van der Waals surface area contributed by atoms with Crippen LogP contribution >= 0.6 is 23.2 Å². The summed E-state index contributed by atoms with van der Waals surface area (Å²) in [6.07, 6.45) is 1.59. The highest BCUT2D eigenvalue weighted by molar-refractivity contribution is 6.33. The molecule has 0 saturated carbocycles. The van der Waals surface area contributed by atoms with Crippen LogP contribution in [0.3, 0.4) is 0 Å². The molecular formula is C18H14Cl2N4O2. The monoisotopic (exact) mass is 388 g/mol. The minimum Gasteiger partial charge on any atom is -0.465 e. The highest BCUT2D eigenvalue weighted by Crippen LogP contribution is 2.27. The number of esters is 1. The number of nitrogens with zero attached hydrogens (tertiary/aromatic N) is 2. The molecule has 1 aromatic heterocycles. The third-order valence-electron chi connectivity index (χ3n) is 3.43. The number of carbonyl (C=O) groups excluding carboxylic acids is 1. The first-order valence-electron chi connectivity index (χ1n) is 7.56. The van der Waals surface area contributed by atoms with Crippen LogP contribution in [0.25, 0.3) is 0 Å². The molecule has 132 valence electrons. The first kappa shape index (κ1) is 18.0. The summed E-state index contributed by atoms with van der Waals surface area (Å²) < 4.78 is 4.71. The number of para-hydroxylation sites is 1. The van der Waals surface area contributed by atoms with Crippen molar-refractivity contribution in [1.82, 2.24) is 9.97 Å². The fourth-order valence-electron chi connectivity index (χ4n) is 2.18. The number of anilines is 4. The summed E-state index contributed by atoms with van der Waals surface area (Å²) in [6, 6.07) is 13.8. The van der Waals surface area contributed by atoms with E-state index in [4.69, 9.17) is 27.9 Å². The van der Waals surface area contributed by atoms with E-state index in [1.165, 1.54) is 7.11 Å². The van der Waals surface area contributed by atoms with Gasteiger partial charge < -0.3 is 15.4 Å². The summed E-state index contributed by atoms with van der Waals surface area (Å²) in [6.45, 7) is 0. The lowest BCUT2D eigenvalue weighted by molar-refractivity contribution is 0.0601. The molecule has 0 aliphatic heterocycles. The first-order valence-corrected chi connectivity index (χ1v) is 8.32. The summed E-state index contributed by atoms with van der Waals surface area (Å²) in [5.41, 5.74) is 1.58. The van der Waals surface area contributed by atoms with Gasteiger partial charge in [-0.1, -0.05) is 35.3 Å². The number of halogens is 2. The summed E-state index contributed by atoms with van der Waals surface area (Å²) in [5, 5.41) is 7.12. The van der Waals surface area contributed by atoms with Crippen LogP contribution in [0.15, 0.2) is 54.7 Å². The van der Waals surface area contributed by atoms with Crippen molar-refractivity contribution in [1.29, 1.82) is 0 Å². The van der Waals surface area contributed by atoms with Crippen molar-refractivity contribution in [2.45, 2.75) is 0 Å². The zero-order valence-electron chi connectivity index (χ0n) is 13.7. The van der Waals surface area contributed by atoms with Gasteiger partial charge in [-0.05, 0) is 36.4 Å². The predicted octanol–water partition coefficient (Wildman–Crippen LogP) is 5.06. The molecule has 0 aliphatic carbocycles. The van der Waals surface area contributed by atoms with E-state index in [0.29, 0.717) is 33.1 Å². The van der Waals surface area contributed by atoms with Crippen molar-refractivity contribution in [2.24, 2.45) is 0 Å². The maximum atomic E-state index is 11.7. The van der Waals surface area contributed by atoms with E-state index in [1.54, 1.807) is 36.5 Å². The SMILES string of the molecule is COC(=O)c1ccc(Cl)c(Nc2nccc(Nc3ccccc3Cl)n2)c1. The second-order valence-corrected chi connectivity index (χ2v) is 6.00. The van der Waals surface area contributed by atoms with Crippen LogP contribution in [-0.4, -0.2) is 23.0 Å². The Bertz CT molecular complexity index is 950. The highest BCUT2D eigenvalue weighted by atomic mass is 35.5. The van der Waals surface area contributed by atoms with Gasteiger partial charge in [0.1, 0.15) is 5.82 Å². The van der Waals surface area contributed by atoms with E-state index in [0.717, 1.165) is 5.69 Å². The fraction of sp³-hybridized carbons (Fsp3) is 0.0556. The Kier molecular flexibility index (Phi) is 5.55. The number of hydrogen-bond acceptors (Lipinski definition) is 6. The summed E-state index contributed by atoms with van der Waals surface area (Å²) in [7, 11) is 1.32. The lowest BCUT2D eigenvalue weighted by atomic mass is 10.2. The van der Waals surface area contributed by atoms with Gasteiger partial charge in [0.15, 0.2) is 0 Å². The quantitative estimate of drug-likeness (QED) is 0.595. The predicted molar refractivity (Wildman–Crippen MR) is 103 cm³/mol. The van der Waals surface area contributed by atoms with Crippen molar-refractivity contribution in [3.05, 3.63) is 70.3 Å². The maximum absolute atomic E-state index is 11.7. The van der Waals surface area contributed by atoms with E-state index < -0.39 is 5.97 Å². The molecule has 8 heteroatoms. The number of ether oxygens (including phenoxy) is 1. The van der Waals surface area contributed by atoms with Crippen LogP contribution in [0.2, 0.25) is 10.0 Å². The van der Waals surface area contributed by atoms with Crippen LogP contribution < -0.4 is 10.6 Å². The van der Waals surface area contributed by atoms with Gasteiger partial charge >= 0.3 is 5.97 Å². The number of rotatable bonds is 5. The van der Waals surface area contributed by atoms with E-state index in [1.807, 2.05) is 18.2 Å². The zero-order valence-corrected chi connectivity index (χ0v) is 15.2. The largest absolute Gasteiger partial charge is 0.465 e. The summed E-state index contributed by atoms with van der Waals surface area (Å²) >= 11 is 12.3. The number of aromatic nitrogens is 2. The first-order chi connectivity index (χ1) is 12.6. The molecule has 3 rings (SSSR count). The molecule has 3 aromatic rings. The van der Waals surface area contributed by atoms with Gasteiger partial charge in [0.05, 0.1) is 34.1 Å². The molecule has 0 saturated heterocycles. The molecule has 0 amide bonds. The fourth-order valence-corrected chi connectivity index (χ4v) is 2.52. The van der Waals surface area contributed by atoms with E-state index in [2.05, 4.69) is 20.6 Å². The van der Waals surface area contributed by atoms with Crippen molar-refractivity contribution >= 4 is 52.3 Å².